The molecular formula is C18H20FNO2. The summed E-state index contributed by atoms with van der Waals surface area (Å²) in [7, 11) is 1.39. The first kappa shape index (κ1) is 16.0. The first-order valence-electron chi connectivity index (χ1n) is 7.27. The molecule has 0 saturated carbocycles. The van der Waals surface area contributed by atoms with Gasteiger partial charge in [0.2, 0.25) is 0 Å². The maximum absolute atomic E-state index is 13.6. The zero-order chi connectivity index (χ0) is 15.9. The molecule has 0 aliphatic carbocycles. The average molecular weight is 301 g/mol. The Morgan fingerprint density at radius 3 is 2.73 bits per heavy atom. The second-order valence-corrected chi connectivity index (χ2v) is 5.20. The molecule has 1 N–H and O–H groups in total. The molecule has 1 amide bonds. The van der Waals surface area contributed by atoms with E-state index in [1.54, 1.807) is 6.07 Å². The maximum atomic E-state index is 13.6. The number of aryl methyl sites for hydroxylation is 2. The van der Waals surface area contributed by atoms with Gasteiger partial charge in [0.15, 0.2) is 11.6 Å². The first-order valence-corrected chi connectivity index (χ1v) is 7.27. The number of methoxy groups -OCH3 is 1. The van der Waals surface area contributed by atoms with Crippen molar-refractivity contribution < 1.29 is 13.9 Å². The van der Waals surface area contributed by atoms with Crippen LogP contribution >= 0.6 is 0 Å². The van der Waals surface area contributed by atoms with Crippen LogP contribution in [0.2, 0.25) is 0 Å². The third-order valence-electron chi connectivity index (χ3n) is 3.42. The van der Waals surface area contributed by atoms with Crippen molar-refractivity contribution in [1.29, 1.82) is 0 Å². The number of benzene rings is 2. The van der Waals surface area contributed by atoms with Crippen LogP contribution in [0.15, 0.2) is 42.5 Å². The van der Waals surface area contributed by atoms with E-state index < -0.39 is 5.82 Å². The Morgan fingerprint density at radius 2 is 2.05 bits per heavy atom. The highest BCUT2D eigenvalue weighted by molar-refractivity contribution is 5.94. The van der Waals surface area contributed by atoms with E-state index in [0.29, 0.717) is 12.1 Å². The topological polar surface area (TPSA) is 38.3 Å². The Kier molecular flexibility index (Phi) is 5.53. The van der Waals surface area contributed by atoms with Crippen LogP contribution in [0.3, 0.4) is 0 Å². The Hall–Kier alpha value is -2.36. The second-order valence-electron chi connectivity index (χ2n) is 5.20. The van der Waals surface area contributed by atoms with Crippen LogP contribution in [-0.4, -0.2) is 19.6 Å². The molecule has 0 fully saturated rings. The predicted molar refractivity (Wildman–Crippen MR) is 84.8 cm³/mol. The molecule has 0 atom stereocenters. The molecule has 0 unspecified atom stereocenters. The Labute approximate surface area is 130 Å². The third-order valence-corrected chi connectivity index (χ3v) is 3.42. The van der Waals surface area contributed by atoms with E-state index in [2.05, 4.69) is 30.4 Å². The van der Waals surface area contributed by atoms with Crippen molar-refractivity contribution in [2.24, 2.45) is 0 Å². The lowest BCUT2D eigenvalue weighted by molar-refractivity contribution is 0.0952. The van der Waals surface area contributed by atoms with Gasteiger partial charge >= 0.3 is 0 Å². The van der Waals surface area contributed by atoms with Gasteiger partial charge in [0.25, 0.3) is 5.91 Å². The molecule has 0 heterocycles. The Balaban J connectivity index is 1.81. The summed E-state index contributed by atoms with van der Waals surface area (Å²) in [4.78, 5) is 11.9. The zero-order valence-electron chi connectivity index (χ0n) is 12.9. The molecule has 2 rings (SSSR count). The van der Waals surface area contributed by atoms with Crippen LogP contribution in [0.1, 0.15) is 27.9 Å². The van der Waals surface area contributed by atoms with Gasteiger partial charge in [-0.05, 0) is 43.5 Å². The number of nitrogens with one attached hydrogen (secondary N) is 1. The summed E-state index contributed by atoms with van der Waals surface area (Å²) < 4.78 is 18.4. The van der Waals surface area contributed by atoms with E-state index in [9.17, 15) is 9.18 Å². The van der Waals surface area contributed by atoms with Gasteiger partial charge in [-0.15, -0.1) is 0 Å². The van der Waals surface area contributed by atoms with Crippen LogP contribution in [0.25, 0.3) is 0 Å². The van der Waals surface area contributed by atoms with Crippen molar-refractivity contribution in [3.63, 3.8) is 0 Å². The number of hydrogen-bond acceptors (Lipinski definition) is 2. The summed E-state index contributed by atoms with van der Waals surface area (Å²) in [5.41, 5.74) is 2.79. The van der Waals surface area contributed by atoms with Gasteiger partial charge < -0.3 is 10.1 Å². The number of carbonyl (C=O) groups is 1. The SMILES string of the molecule is COc1ccc(C(=O)NCCCc2cccc(C)c2)cc1F. The summed E-state index contributed by atoms with van der Waals surface area (Å²) >= 11 is 0. The fourth-order valence-corrected chi connectivity index (χ4v) is 2.27. The number of rotatable bonds is 6. The largest absolute Gasteiger partial charge is 0.494 e. The van der Waals surface area contributed by atoms with E-state index in [4.69, 9.17) is 4.74 Å². The third kappa shape index (κ3) is 4.32. The molecule has 2 aromatic carbocycles. The number of ether oxygens (including phenoxy) is 1. The summed E-state index contributed by atoms with van der Waals surface area (Å²) in [6.07, 6.45) is 1.74. The Morgan fingerprint density at radius 1 is 1.23 bits per heavy atom. The van der Waals surface area contributed by atoms with Crippen molar-refractivity contribution in [3.05, 3.63) is 65.0 Å². The molecule has 3 nitrogen and oxygen atoms in total. The van der Waals surface area contributed by atoms with Crippen molar-refractivity contribution in [1.82, 2.24) is 5.32 Å². The Bertz CT molecular complexity index is 655. The molecule has 2 aromatic rings. The van der Waals surface area contributed by atoms with Gasteiger partial charge in [-0.2, -0.15) is 0 Å². The second kappa shape index (κ2) is 7.59. The maximum Gasteiger partial charge on any atom is 0.251 e. The standard InChI is InChI=1S/C18H20FNO2/c1-13-5-3-6-14(11-13)7-4-10-20-18(21)15-8-9-17(22-2)16(19)12-15/h3,5-6,8-9,11-12H,4,7,10H2,1-2H3,(H,20,21). The van der Waals surface area contributed by atoms with E-state index in [-0.39, 0.29) is 11.7 Å². The van der Waals surface area contributed by atoms with E-state index in [0.717, 1.165) is 12.8 Å². The zero-order valence-corrected chi connectivity index (χ0v) is 12.9. The molecule has 0 spiro atoms. The van der Waals surface area contributed by atoms with Crippen LogP contribution in [0.4, 0.5) is 4.39 Å². The molecule has 22 heavy (non-hydrogen) atoms. The molecule has 0 radical (unpaired) electrons. The van der Waals surface area contributed by atoms with Crippen molar-refractivity contribution >= 4 is 5.91 Å². The predicted octanol–water partition coefficient (Wildman–Crippen LogP) is 3.51. The summed E-state index contributed by atoms with van der Waals surface area (Å²) in [5.74, 6) is -0.670. The molecule has 0 aromatic heterocycles. The van der Waals surface area contributed by atoms with Crippen LogP contribution in [0, 0.1) is 12.7 Å². The highest BCUT2D eigenvalue weighted by Crippen LogP contribution is 2.17. The highest BCUT2D eigenvalue weighted by atomic mass is 19.1. The van der Waals surface area contributed by atoms with Crippen molar-refractivity contribution in [3.8, 4) is 5.75 Å². The molecule has 0 bridgehead atoms. The number of halogens is 1. The smallest absolute Gasteiger partial charge is 0.251 e. The lowest BCUT2D eigenvalue weighted by Crippen LogP contribution is -2.24. The van der Waals surface area contributed by atoms with Gasteiger partial charge in [-0.25, -0.2) is 4.39 Å². The fraction of sp³-hybridized carbons (Fsp3) is 0.278. The van der Waals surface area contributed by atoms with Gasteiger partial charge in [0.05, 0.1) is 7.11 Å². The quantitative estimate of drug-likeness (QED) is 0.829. The molecule has 0 aliphatic heterocycles. The number of amides is 1. The van der Waals surface area contributed by atoms with Crippen molar-refractivity contribution in [2.75, 3.05) is 13.7 Å². The van der Waals surface area contributed by atoms with Gasteiger partial charge in [0, 0.05) is 12.1 Å². The number of carbonyl (C=O) groups excluding carboxylic acids is 1. The summed E-state index contributed by atoms with van der Waals surface area (Å²) in [6, 6.07) is 12.5. The lowest BCUT2D eigenvalue weighted by Gasteiger charge is -2.07. The minimum absolute atomic E-state index is 0.135. The molecule has 0 saturated heterocycles. The van der Waals surface area contributed by atoms with E-state index >= 15 is 0 Å². The molecular weight excluding hydrogens is 281 g/mol. The monoisotopic (exact) mass is 301 g/mol. The van der Waals surface area contributed by atoms with Crippen molar-refractivity contribution in [2.45, 2.75) is 19.8 Å². The summed E-state index contributed by atoms with van der Waals surface area (Å²) in [6.45, 7) is 2.62. The minimum atomic E-state index is -0.532. The van der Waals surface area contributed by atoms with Gasteiger partial charge in [-0.3, -0.25) is 4.79 Å². The lowest BCUT2D eigenvalue weighted by atomic mass is 10.1. The van der Waals surface area contributed by atoms with Gasteiger partial charge in [-0.1, -0.05) is 29.8 Å². The molecule has 0 aliphatic rings. The highest BCUT2D eigenvalue weighted by Gasteiger charge is 2.09. The van der Waals surface area contributed by atoms with E-state index in [1.165, 1.54) is 30.4 Å². The molecule has 4 heteroatoms. The fourth-order valence-electron chi connectivity index (χ4n) is 2.27. The summed E-state index contributed by atoms with van der Waals surface area (Å²) in [5, 5.41) is 2.80. The average Bonchev–Trinajstić information content (AvgIpc) is 2.51. The van der Waals surface area contributed by atoms with Crippen LogP contribution < -0.4 is 10.1 Å². The first-order chi connectivity index (χ1) is 10.6. The van der Waals surface area contributed by atoms with E-state index in [1.807, 2.05) is 6.07 Å². The minimum Gasteiger partial charge on any atom is -0.494 e. The van der Waals surface area contributed by atoms with Crippen LogP contribution in [-0.2, 0) is 6.42 Å². The van der Waals surface area contributed by atoms with Crippen LogP contribution in [0.5, 0.6) is 5.75 Å². The normalized spacial score (nSPS) is 10.3. The molecule has 116 valence electrons. The number of hydrogen-bond donors (Lipinski definition) is 1. The van der Waals surface area contributed by atoms with Gasteiger partial charge in [0.1, 0.15) is 0 Å².